The van der Waals surface area contributed by atoms with Gasteiger partial charge in [-0.25, -0.2) is 4.79 Å². The molecule has 0 unspecified atom stereocenters. The lowest BCUT2D eigenvalue weighted by Gasteiger charge is -2.08. The number of carbonyl (C=O) groups is 2. The first-order valence-corrected chi connectivity index (χ1v) is 7.09. The summed E-state index contributed by atoms with van der Waals surface area (Å²) in [6.45, 7) is -0.0504. The topological polar surface area (TPSA) is 93.4 Å². The molecule has 3 rings (SSSR count). The molecule has 0 aliphatic carbocycles. The number of methoxy groups -OCH3 is 2. The van der Waals surface area contributed by atoms with Gasteiger partial charge in [-0.3, -0.25) is 4.79 Å². The maximum Gasteiger partial charge on any atom is 0.345 e. The van der Waals surface area contributed by atoms with Crippen molar-refractivity contribution in [1.29, 1.82) is 0 Å². The smallest absolute Gasteiger partial charge is 0.345 e. The Kier molecular flexibility index (Phi) is 4.19. The fraction of sp³-hybridized carbons (Fsp3) is 0.188. The van der Waals surface area contributed by atoms with Crippen molar-refractivity contribution >= 4 is 18.2 Å². The molecular weight excluding hydrogens is 314 g/mol. The molecule has 124 valence electrons. The van der Waals surface area contributed by atoms with Crippen LogP contribution in [0, 0.1) is 0 Å². The van der Waals surface area contributed by atoms with Gasteiger partial charge in [0.1, 0.15) is 18.1 Å². The van der Waals surface area contributed by atoms with E-state index in [2.05, 4.69) is 10.4 Å². The van der Waals surface area contributed by atoms with Crippen LogP contribution in [0.1, 0.15) is 5.76 Å². The molecule has 24 heavy (non-hydrogen) atoms. The summed E-state index contributed by atoms with van der Waals surface area (Å²) in [6, 6.07) is 8.29. The lowest BCUT2D eigenvalue weighted by Crippen LogP contribution is -2.25. The molecule has 0 radical (unpaired) electrons. The molecule has 0 saturated carbocycles. The van der Waals surface area contributed by atoms with E-state index in [1.54, 1.807) is 38.5 Å². The molecule has 0 spiro atoms. The summed E-state index contributed by atoms with van der Waals surface area (Å²) in [5.41, 5.74) is 0.794. The molecule has 8 nitrogen and oxygen atoms in total. The summed E-state index contributed by atoms with van der Waals surface area (Å²) < 4.78 is 16.1. The van der Waals surface area contributed by atoms with Crippen LogP contribution >= 0.6 is 0 Å². The number of ether oxygens (including phenoxy) is 2. The Bertz CT molecular complexity index is 796. The van der Waals surface area contributed by atoms with E-state index in [0.29, 0.717) is 23.0 Å². The van der Waals surface area contributed by atoms with Crippen LogP contribution in [0.15, 0.2) is 39.9 Å². The van der Waals surface area contributed by atoms with E-state index in [4.69, 9.17) is 13.9 Å². The van der Waals surface area contributed by atoms with Crippen molar-refractivity contribution in [2.75, 3.05) is 20.8 Å². The predicted molar refractivity (Wildman–Crippen MR) is 85.1 cm³/mol. The number of imide groups is 1. The van der Waals surface area contributed by atoms with Gasteiger partial charge in [-0.15, -0.1) is 5.01 Å². The molecule has 3 amide bonds. The Morgan fingerprint density at radius 2 is 1.96 bits per heavy atom. The number of hydrogen-bond donors (Lipinski definition) is 1. The van der Waals surface area contributed by atoms with Crippen LogP contribution in [0.5, 0.6) is 11.5 Å². The molecule has 0 atom stereocenters. The zero-order valence-corrected chi connectivity index (χ0v) is 13.1. The number of benzene rings is 1. The van der Waals surface area contributed by atoms with Crippen LogP contribution in [0.25, 0.3) is 11.3 Å². The zero-order valence-electron chi connectivity index (χ0n) is 13.1. The van der Waals surface area contributed by atoms with Gasteiger partial charge in [0.2, 0.25) is 0 Å². The summed E-state index contributed by atoms with van der Waals surface area (Å²) in [5.74, 6) is 1.79. The molecule has 1 aromatic carbocycles. The molecule has 1 aliphatic rings. The Morgan fingerprint density at radius 3 is 2.62 bits per heavy atom. The van der Waals surface area contributed by atoms with Crippen molar-refractivity contribution < 1.29 is 23.5 Å². The van der Waals surface area contributed by atoms with Gasteiger partial charge in [0.25, 0.3) is 5.91 Å². The number of hydrogen-bond acceptors (Lipinski definition) is 6. The number of rotatable bonds is 5. The molecular formula is C16H15N3O5. The van der Waals surface area contributed by atoms with E-state index in [-0.39, 0.29) is 6.54 Å². The number of amides is 3. The van der Waals surface area contributed by atoms with Gasteiger partial charge in [0.05, 0.1) is 20.4 Å². The lowest BCUT2D eigenvalue weighted by atomic mass is 10.1. The lowest BCUT2D eigenvalue weighted by molar-refractivity contribution is -0.124. The van der Waals surface area contributed by atoms with E-state index >= 15 is 0 Å². The van der Waals surface area contributed by atoms with E-state index in [1.165, 1.54) is 6.21 Å². The first kappa shape index (κ1) is 15.6. The van der Waals surface area contributed by atoms with Crippen LogP contribution < -0.4 is 14.8 Å². The van der Waals surface area contributed by atoms with Crippen molar-refractivity contribution in [2.24, 2.45) is 5.10 Å². The molecule has 8 heteroatoms. The summed E-state index contributed by atoms with van der Waals surface area (Å²) in [7, 11) is 3.12. The number of furan rings is 1. The van der Waals surface area contributed by atoms with E-state index in [9.17, 15) is 9.59 Å². The van der Waals surface area contributed by atoms with E-state index in [0.717, 1.165) is 10.6 Å². The van der Waals surface area contributed by atoms with Crippen molar-refractivity contribution in [3.05, 3.63) is 36.1 Å². The summed E-state index contributed by atoms with van der Waals surface area (Å²) in [6.07, 6.45) is 1.31. The first-order valence-electron chi connectivity index (χ1n) is 7.09. The highest BCUT2D eigenvalue weighted by atomic mass is 16.5. The van der Waals surface area contributed by atoms with Crippen molar-refractivity contribution in [3.8, 4) is 22.8 Å². The number of nitrogens with one attached hydrogen (secondary N) is 1. The summed E-state index contributed by atoms with van der Waals surface area (Å²) in [5, 5.41) is 6.97. The number of hydrazone groups is 1. The SMILES string of the molecule is COc1ccc(-c2ccc(C=NN3C(=O)CNC3=O)o2)cc1OC. The second kappa shape index (κ2) is 6.45. The molecule has 2 heterocycles. The maximum atomic E-state index is 11.4. The van der Waals surface area contributed by atoms with Crippen molar-refractivity contribution in [2.45, 2.75) is 0 Å². The number of nitrogens with zero attached hydrogens (tertiary/aromatic N) is 2. The Morgan fingerprint density at radius 1 is 1.17 bits per heavy atom. The number of urea groups is 1. The summed E-state index contributed by atoms with van der Waals surface area (Å²) in [4.78, 5) is 22.8. The standard InChI is InChI=1S/C16H15N3O5/c1-22-13-5-3-10(7-14(13)23-2)12-6-4-11(24-12)8-18-19-15(20)9-17-16(19)21/h3-8H,9H2,1-2H3,(H,17,21). The van der Waals surface area contributed by atoms with Gasteiger partial charge < -0.3 is 19.2 Å². The monoisotopic (exact) mass is 329 g/mol. The molecule has 2 aromatic rings. The molecule has 1 fully saturated rings. The molecule has 0 bridgehead atoms. The summed E-state index contributed by atoms with van der Waals surface area (Å²) >= 11 is 0. The zero-order chi connectivity index (χ0) is 17.1. The minimum absolute atomic E-state index is 0.0504. The van der Waals surface area contributed by atoms with Gasteiger partial charge in [0, 0.05) is 5.56 Å². The average molecular weight is 329 g/mol. The second-order valence-corrected chi connectivity index (χ2v) is 4.88. The maximum absolute atomic E-state index is 11.4. The minimum Gasteiger partial charge on any atom is -0.493 e. The van der Waals surface area contributed by atoms with Gasteiger partial charge in [0.15, 0.2) is 11.5 Å². The molecule has 1 saturated heterocycles. The quantitative estimate of drug-likeness (QED) is 0.667. The largest absolute Gasteiger partial charge is 0.493 e. The van der Waals surface area contributed by atoms with Crippen LogP contribution in [0.2, 0.25) is 0 Å². The average Bonchev–Trinajstić information content (AvgIpc) is 3.19. The predicted octanol–water partition coefficient (Wildman–Crippen LogP) is 1.85. The highest BCUT2D eigenvalue weighted by Crippen LogP contribution is 2.32. The van der Waals surface area contributed by atoms with Gasteiger partial charge in [-0.05, 0) is 30.3 Å². The molecule has 1 N–H and O–H groups in total. The van der Waals surface area contributed by atoms with Crippen molar-refractivity contribution in [3.63, 3.8) is 0 Å². The minimum atomic E-state index is -0.553. The highest BCUT2D eigenvalue weighted by Gasteiger charge is 2.28. The third kappa shape index (κ3) is 2.94. The third-order valence-corrected chi connectivity index (χ3v) is 3.41. The normalized spacial score (nSPS) is 14.3. The Balaban J connectivity index is 1.81. The van der Waals surface area contributed by atoms with Gasteiger partial charge in [-0.1, -0.05) is 0 Å². The molecule has 1 aromatic heterocycles. The fourth-order valence-electron chi connectivity index (χ4n) is 2.21. The van der Waals surface area contributed by atoms with Crippen LogP contribution in [0.3, 0.4) is 0 Å². The second-order valence-electron chi connectivity index (χ2n) is 4.88. The van der Waals surface area contributed by atoms with Gasteiger partial charge >= 0.3 is 6.03 Å². The van der Waals surface area contributed by atoms with Crippen LogP contribution in [-0.4, -0.2) is 43.9 Å². The molecule has 1 aliphatic heterocycles. The van der Waals surface area contributed by atoms with Crippen LogP contribution in [0.4, 0.5) is 4.79 Å². The third-order valence-electron chi connectivity index (χ3n) is 3.41. The Hall–Kier alpha value is -3.29. The van der Waals surface area contributed by atoms with Crippen molar-refractivity contribution in [1.82, 2.24) is 10.3 Å². The highest BCUT2D eigenvalue weighted by molar-refractivity contribution is 6.02. The van der Waals surface area contributed by atoms with E-state index < -0.39 is 11.9 Å². The van der Waals surface area contributed by atoms with Gasteiger partial charge in [-0.2, -0.15) is 5.10 Å². The van der Waals surface area contributed by atoms with E-state index in [1.807, 2.05) is 6.07 Å². The number of carbonyl (C=O) groups excluding carboxylic acids is 2. The van der Waals surface area contributed by atoms with Crippen LogP contribution in [-0.2, 0) is 4.79 Å². The fourth-order valence-corrected chi connectivity index (χ4v) is 2.21. The first-order chi connectivity index (χ1) is 11.6. The Labute approximate surface area is 137 Å².